The molecule has 1 saturated heterocycles. The van der Waals surface area contributed by atoms with Gasteiger partial charge in [0.2, 0.25) is 5.91 Å². The van der Waals surface area contributed by atoms with Crippen LogP contribution in [0, 0.1) is 0 Å². The van der Waals surface area contributed by atoms with E-state index < -0.39 is 0 Å². The van der Waals surface area contributed by atoms with Crippen LogP contribution in [-0.2, 0) is 9.53 Å². The number of nitrogens with one attached hydrogen (secondary N) is 1. The first-order chi connectivity index (χ1) is 11.5. The van der Waals surface area contributed by atoms with Gasteiger partial charge in [-0.1, -0.05) is 11.6 Å². The Morgan fingerprint density at radius 3 is 2.79 bits per heavy atom. The highest BCUT2D eigenvalue weighted by molar-refractivity contribution is 6.31. The van der Waals surface area contributed by atoms with E-state index >= 15 is 0 Å². The van der Waals surface area contributed by atoms with Crippen LogP contribution in [-0.4, -0.2) is 52.4 Å². The number of benzene rings is 1. The van der Waals surface area contributed by atoms with E-state index in [0.717, 1.165) is 11.4 Å². The topological polar surface area (TPSA) is 59.4 Å². The molecule has 1 N–H and O–H groups in total. The minimum absolute atomic E-state index is 0.0448. The van der Waals surface area contributed by atoms with Gasteiger partial charge >= 0.3 is 0 Å². The fourth-order valence-electron chi connectivity index (χ4n) is 2.93. The molecule has 1 aliphatic rings. The number of hydrogen-bond donors (Lipinski definition) is 1. The van der Waals surface area contributed by atoms with Crippen LogP contribution in [0.3, 0.4) is 0 Å². The Hall–Kier alpha value is -2.05. The van der Waals surface area contributed by atoms with Crippen molar-refractivity contribution >= 4 is 23.2 Å². The van der Waals surface area contributed by atoms with E-state index in [-0.39, 0.29) is 24.7 Å². The van der Waals surface area contributed by atoms with Gasteiger partial charge in [-0.2, -0.15) is 5.10 Å². The van der Waals surface area contributed by atoms with Gasteiger partial charge in [-0.3, -0.25) is 4.79 Å². The van der Waals surface area contributed by atoms with Gasteiger partial charge in [0, 0.05) is 30.5 Å². The van der Waals surface area contributed by atoms with Gasteiger partial charge in [0.1, 0.15) is 0 Å². The van der Waals surface area contributed by atoms with Crippen LogP contribution < -0.4 is 5.32 Å². The van der Waals surface area contributed by atoms with Gasteiger partial charge in [0.05, 0.1) is 30.1 Å². The quantitative estimate of drug-likeness (QED) is 0.922. The van der Waals surface area contributed by atoms with Crippen molar-refractivity contribution in [3.63, 3.8) is 0 Å². The van der Waals surface area contributed by atoms with Crippen LogP contribution in [0.1, 0.15) is 13.8 Å². The van der Waals surface area contributed by atoms with Crippen molar-refractivity contribution in [2.24, 2.45) is 0 Å². The van der Waals surface area contributed by atoms with Crippen molar-refractivity contribution < 1.29 is 9.53 Å². The van der Waals surface area contributed by atoms with Crippen molar-refractivity contribution in [3.8, 4) is 5.69 Å². The Kier molecular flexibility index (Phi) is 5.06. The minimum atomic E-state index is 0.0448. The fraction of sp³-hybridized carbons (Fsp3) is 0.412. The number of nitrogens with zero attached hydrogens (tertiary/aromatic N) is 3. The predicted octanol–water partition coefficient (Wildman–Crippen LogP) is 2.57. The molecular weight excluding hydrogens is 328 g/mol. The highest BCUT2D eigenvalue weighted by atomic mass is 35.5. The van der Waals surface area contributed by atoms with Gasteiger partial charge in [-0.15, -0.1) is 0 Å². The maximum absolute atomic E-state index is 12.5. The largest absolute Gasteiger partial charge is 0.374 e. The van der Waals surface area contributed by atoms with Crippen molar-refractivity contribution in [3.05, 3.63) is 41.7 Å². The van der Waals surface area contributed by atoms with Gasteiger partial charge in [-0.25, -0.2) is 4.68 Å². The molecule has 0 spiro atoms. The van der Waals surface area contributed by atoms with Gasteiger partial charge < -0.3 is 15.0 Å². The number of ether oxygens (including phenoxy) is 1. The van der Waals surface area contributed by atoms with E-state index in [4.69, 9.17) is 16.3 Å². The summed E-state index contributed by atoms with van der Waals surface area (Å²) in [7, 11) is 0. The number of halogens is 1. The lowest BCUT2D eigenvalue weighted by Crippen LogP contribution is -2.49. The second kappa shape index (κ2) is 7.23. The highest BCUT2D eigenvalue weighted by Gasteiger charge is 2.25. The molecular formula is C17H21ClN4O2. The summed E-state index contributed by atoms with van der Waals surface area (Å²) in [4.78, 5) is 14.3. The van der Waals surface area contributed by atoms with Gasteiger partial charge in [-0.05, 0) is 38.1 Å². The number of hydrogen-bond acceptors (Lipinski definition) is 4. The first kappa shape index (κ1) is 16.8. The lowest BCUT2D eigenvalue weighted by molar-refractivity contribution is -0.141. The third-order valence-electron chi connectivity index (χ3n) is 3.91. The molecule has 0 saturated carbocycles. The molecule has 2 atom stereocenters. The number of amides is 1. The maximum atomic E-state index is 12.5. The first-order valence-corrected chi connectivity index (χ1v) is 8.37. The summed E-state index contributed by atoms with van der Waals surface area (Å²) in [5, 5.41) is 8.03. The van der Waals surface area contributed by atoms with E-state index in [1.54, 1.807) is 23.0 Å². The third kappa shape index (κ3) is 3.88. The lowest BCUT2D eigenvalue weighted by atomic mass is 10.2. The monoisotopic (exact) mass is 348 g/mol. The van der Waals surface area contributed by atoms with E-state index in [2.05, 4.69) is 10.4 Å². The molecule has 1 aliphatic heterocycles. The first-order valence-electron chi connectivity index (χ1n) is 7.99. The fourth-order valence-corrected chi connectivity index (χ4v) is 3.10. The molecule has 1 fully saturated rings. The molecule has 0 radical (unpaired) electrons. The Balaban J connectivity index is 1.70. The van der Waals surface area contributed by atoms with Gasteiger partial charge in [0.25, 0.3) is 0 Å². The summed E-state index contributed by atoms with van der Waals surface area (Å²) in [5.41, 5.74) is 1.62. The maximum Gasteiger partial charge on any atom is 0.242 e. The molecule has 0 bridgehead atoms. The predicted molar refractivity (Wildman–Crippen MR) is 93.7 cm³/mol. The third-order valence-corrected chi connectivity index (χ3v) is 4.15. The number of rotatable bonds is 4. The summed E-state index contributed by atoms with van der Waals surface area (Å²) < 4.78 is 7.41. The van der Waals surface area contributed by atoms with Crippen molar-refractivity contribution in [1.82, 2.24) is 14.7 Å². The molecule has 2 heterocycles. The zero-order valence-corrected chi connectivity index (χ0v) is 14.5. The molecule has 6 nitrogen and oxygen atoms in total. The van der Waals surface area contributed by atoms with E-state index in [0.29, 0.717) is 18.1 Å². The highest BCUT2D eigenvalue weighted by Crippen LogP contribution is 2.24. The van der Waals surface area contributed by atoms with Crippen LogP contribution in [0.25, 0.3) is 5.69 Å². The molecule has 128 valence electrons. The van der Waals surface area contributed by atoms with E-state index in [9.17, 15) is 4.79 Å². The average Bonchev–Trinajstić information content (AvgIpc) is 3.06. The van der Waals surface area contributed by atoms with Crippen LogP contribution in [0.4, 0.5) is 5.69 Å². The van der Waals surface area contributed by atoms with Crippen LogP contribution in [0.2, 0.25) is 5.02 Å². The van der Waals surface area contributed by atoms with E-state index in [1.807, 2.05) is 37.1 Å². The Morgan fingerprint density at radius 2 is 2.12 bits per heavy atom. The van der Waals surface area contributed by atoms with Crippen LogP contribution in [0.15, 0.2) is 36.7 Å². The second-order valence-electron chi connectivity index (χ2n) is 6.02. The number of anilines is 1. The molecule has 24 heavy (non-hydrogen) atoms. The molecule has 3 rings (SSSR count). The smallest absolute Gasteiger partial charge is 0.242 e. The van der Waals surface area contributed by atoms with Crippen LogP contribution in [0.5, 0.6) is 0 Å². The van der Waals surface area contributed by atoms with Crippen molar-refractivity contribution in [2.75, 3.05) is 25.0 Å². The number of morpholine rings is 1. The molecule has 7 heteroatoms. The summed E-state index contributed by atoms with van der Waals surface area (Å²) in [5.74, 6) is 0.0448. The van der Waals surface area contributed by atoms with E-state index in [1.165, 1.54) is 0 Å². The zero-order chi connectivity index (χ0) is 17.1. The normalized spacial score (nSPS) is 20.9. The molecule has 2 aromatic rings. The minimum Gasteiger partial charge on any atom is -0.374 e. The second-order valence-corrected chi connectivity index (χ2v) is 6.46. The number of carbonyl (C=O) groups is 1. The summed E-state index contributed by atoms with van der Waals surface area (Å²) in [6.07, 6.45) is 3.67. The Bertz CT molecular complexity index is 695. The molecule has 0 aliphatic carbocycles. The molecule has 1 aromatic heterocycles. The standard InChI is InChI=1S/C17H21ClN4O2/c1-12-10-21(11-13(2)24-12)17(23)9-19-15-8-14(18)4-5-16(15)22-7-3-6-20-22/h3-8,12-13,19H,9-11H2,1-2H3. The zero-order valence-electron chi connectivity index (χ0n) is 13.8. The summed E-state index contributed by atoms with van der Waals surface area (Å²) in [6.45, 7) is 5.40. The summed E-state index contributed by atoms with van der Waals surface area (Å²) in [6, 6.07) is 7.33. The lowest BCUT2D eigenvalue weighted by Gasteiger charge is -2.35. The number of aromatic nitrogens is 2. The molecule has 1 amide bonds. The SMILES string of the molecule is CC1CN(C(=O)CNc2cc(Cl)ccc2-n2cccn2)CC(C)O1. The molecule has 2 unspecified atom stereocenters. The van der Waals surface area contributed by atoms with Crippen molar-refractivity contribution in [1.29, 1.82) is 0 Å². The Morgan fingerprint density at radius 1 is 1.38 bits per heavy atom. The summed E-state index contributed by atoms with van der Waals surface area (Å²) >= 11 is 6.10. The van der Waals surface area contributed by atoms with Crippen LogP contribution >= 0.6 is 11.6 Å². The Labute approximate surface area is 146 Å². The van der Waals surface area contributed by atoms with Crippen molar-refractivity contribution in [2.45, 2.75) is 26.1 Å². The molecule has 1 aromatic carbocycles. The average molecular weight is 349 g/mol. The number of carbonyl (C=O) groups excluding carboxylic acids is 1. The van der Waals surface area contributed by atoms with Gasteiger partial charge in [0.15, 0.2) is 0 Å².